The van der Waals surface area contributed by atoms with Crippen molar-refractivity contribution in [3.8, 4) is 11.1 Å². The fourth-order valence-corrected chi connectivity index (χ4v) is 4.68. The monoisotopic (exact) mass is 550 g/mol. The average molecular weight is 552 g/mol. The third-order valence-electron chi connectivity index (χ3n) is 5.47. The van der Waals surface area contributed by atoms with E-state index in [9.17, 15) is 9.59 Å². The molecule has 0 spiro atoms. The lowest BCUT2D eigenvalue weighted by atomic mass is 10.0. The zero-order valence-electron chi connectivity index (χ0n) is 17.7. The van der Waals surface area contributed by atoms with Gasteiger partial charge in [-0.25, -0.2) is 0 Å². The van der Waals surface area contributed by atoms with Gasteiger partial charge in [0.1, 0.15) is 0 Å². The molecular weight excluding hydrogens is 531 g/mol. The fraction of sp³-hybridized carbons (Fsp3) is 0.261. The smallest absolute Gasteiger partial charge is 0.319 e. The minimum atomic E-state index is -0.372. The van der Waals surface area contributed by atoms with Gasteiger partial charge in [0.25, 0.3) is 5.91 Å². The summed E-state index contributed by atoms with van der Waals surface area (Å²) in [7, 11) is 1.35. The van der Waals surface area contributed by atoms with Gasteiger partial charge < -0.3 is 10.1 Å². The SMILES string of the molecule is COC(=O)CNC1CCCn2nc(C(=O)Nc3cccc(-c4cccc(Br)c4Cl)c3Cl)cc21. The van der Waals surface area contributed by atoms with E-state index in [4.69, 9.17) is 27.9 Å². The molecule has 3 aromatic rings. The second kappa shape index (κ2) is 10.3. The lowest BCUT2D eigenvalue weighted by Gasteiger charge is -2.24. The number of benzene rings is 2. The molecule has 1 unspecified atom stereocenters. The molecule has 10 heteroatoms. The minimum absolute atomic E-state index is 0.0857. The summed E-state index contributed by atoms with van der Waals surface area (Å²) >= 11 is 16.5. The number of anilines is 1. The Morgan fingerprint density at radius 2 is 1.91 bits per heavy atom. The van der Waals surface area contributed by atoms with Crippen LogP contribution in [0.4, 0.5) is 5.69 Å². The van der Waals surface area contributed by atoms with Gasteiger partial charge in [0, 0.05) is 28.2 Å². The third kappa shape index (κ3) is 5.09. The van der Waals surface area contributed by atoms with Crippen molar-refractivity contribution in [2.75, 3.05) is 19.0 Å². The second-order valence-electron chi connectivity index (χ2n) is 7.55. The van der Waals surface area contributed by atoms with Gasteiger partial charge in [-0.05, 0) is 47.0 Å². The van der Waals surface area contributed by atoms with E-state index in [0.29, 0.717) is 27.8 Å². The molecule has 1 atom stereocenters. The molecule has 2 aromatic carbocycles. The third-order valence-corrected chi connectivity index (χ3v) is 7.18. The lowest BCUT2D eigenvalue weighted by Crippen LogP contribution is -2.32. The zero-order valence-corrected chi connectivity index (χ0v) is 20.8. The van der Waals surface area contributed by atoms with Crippen LogP contribution in [0, 0.1) is 0 Å². The van der Waals surface area contributed by atoms with Gasteiger partial charge in [-0.2, -0.15) is 5.10 Å². The van der Waals surface area contributed by atoms with E-state index in [2.05, 4.69) is 31.7 Å². The number of rotatable bonds is 6. The molecule has 172 valence electrons. The van der Waals surface area contributed by atoms with Crippen LogP contribution in [0.25, 0.3) is 11.1 Å². The summed E-state index contributed by atoms with van der Waals surface area (Å²) < 4.78 is 7.25. The van der Waals surface area contributed by atoms with Crippen LogP contribution in [0.2, 0.25) is 10.0 Å². The minimum Gasteiger partial charge on any atom is -0.468 e. The molecule has 0 saturated carbocycles. The van der Waals surface area contributed by atoms with E-state index < -0.39 is 0 Å². The van der Waals surface area contributed by atoms with E-state index in [1.165, 1.54) is 7.11 Å². The average Bonchev–Trinajstić information content (AvgIpc) is 3.26. The highest BCUT2D eigenvalue weighted by molar-refractivity contribution is 9.10. The molecule has 0 bridgehead atoms. The highest BCUT2D eigenvalue weighted by Gasteiger charge is 2.25. The highest BCUT2D eigenvalue weighted by Crippen LogP contribution is 2.40. The first-order chi connectivity index (χ1) is 15.9. The first-order valence-corrected chi connectivity index (χ1v) is 11.9. The molecule has 7 nitrogen and oxygen atoms in total. The lowest BCUT2D eigenvalue weighted by molar-refractivity contribution is -0.139. The van der Waals surface area contributed by atoms with Crippen molar-refractivity contribution in [3.63, 3.8) is 0 Å². The maximum absolute atomic E-state index is 13.0. The number of amides is 1. The number of halogens is 3. The van der Waals surface area contributed by atoms with Crippen molar-refractivity contribution in [3.05, 3.63) is 68.4 Å². The quantitative estimate of drug-likeness (QED) is 0.397. The summed E-state index contributed by atoms with van der Waals surface area (Å²) in [6.07, 6.45) is 1.72. The van der Waals surface area contributed by atoms with Crippen LogP contribution in [0.15, 0.2) is 46.9 Å². The van der Waals surface area contributed by atoms with E-state index in [0.717, 1.165) is 28.6 Å². The fourth-order valence-electron chi connectivity index (χ4n) is 3.81. The van der Waals surface area contributed by atoms with Crippen LogP contribution in [0.5, 0.6) is 0 Å². The molecule has 0 fully saturated rings. The van der Waals surface area contributed by atoms with Crippen molar-refractivity contribution < 1.29 is 14.3 Å². The zero-order chi connectivity index (χ0) is 23.5. The molecule has 0 aliphatic carbocycles. The number of esters is 1. The predicted molar refractivity (Wildman–Crippen MR) is 132 cm³/mol. The van der Waals surface area contributed by atoms with Crippen LogP contribution >= 0.6 is 39.1 Å². The van der Waals surface area contributed by atoms with Gasteiger partial charge in [0.05, 0.1) is 35.1 Å². The number of nitrogens with zero attached hydrogens (tertiary/aromatic N) is 2. The first kappa shape index (κ1) is 23.8. The summed E-state index contributed by atoms with van der Waals surface area (Å²) in [6, 6.07) is 12.6. The molecule has 33 heavy (non-hydrogen) atoms. The van der Waals surface area contributed by atoms with E-state index in [-0.39, 0.29) is 30.2 Å². The molecule has 1 aliphatic heterocycles. The first-order valence-electron chi connectivity index (χ1n) is 10.3. The van der Waals surface area contributed by atoms with Gasteiger partial charge in [-0.15, -0.1) is 0 Å². The second-order valence-corrected chi connectivity index (χ2v) is 9.16. The van der Waals surface area contributed by atoms with Crippen LogP contribution < -0.4 is 10.6 Å². The molecule has 4 rings (SSSR count). The van der Waals surface area contributed by atoms with E-state index in [1.54, 1.807) is 22.9 Å². The number of carbonyl (C=O) groups excluding carboxylic acids is 2. The Hall–Kier alpha value is -2.39. The maximum atomic E-state index is 13.0. The Bertz CT molecular complexity index is 1210. The number of ether oxygens (including phenoxy) is 1. The molecule has 2 heterocycles. The maximum Gasteiger partial charge on any atom is 0.319 e. The van der Waals surface area contributed by atoms with Crippen molar-refractivity contribution in [1.29, 1.82) is 0 Å². The van der Waals surface area contributed by atoms with E-state index in [1.807, 2.05) is 24.3 Å². The molecule has 1 aliphatic rings. The Labute approximate surface area is 209 Å². The number of nitrogens with one attached hydrogen (secondary N) is 2. The van der Waals surface area contributed by atoms with Crippen molar-refractivity contribution in [2.45, 2.75) is 25.4 Å². The van der Waals surface area contributed by atoms with Crippen LogP contribution in [-0.2, 0) is 16.1 Å². The van der Waals surface area contributed by atoms with Crippen molar-refractivity contribution >= 4 is 56.7 Å². The van der Waals surface area contributed by atoms with Gasteiger partial charge in [-0.3, -0.25) is 19.6 Å². The molecule has 2 N–H and O–H groups in total. The summed E-state index contributed by atoms with van der Waals surface area (Å²) in [5, 5.41) is 11.4. The molecule has 0 radical (unpaired) electrons. The molecule has 0 saturated heterocycles. The molecule has 1 amide bonds. The van der Waals surface area contributed by atoms with Gasteiger partial charge in [0.2, 0.25) is 0 Å². The largest absolute Gasteiger partial charge is 0.468 e. The predicted octanol–water partition coefficient (Wildman–Crippen LogP) is 5.47. The topological polar surface area (TPSA) is 85.2 Å². The number of aromatic nitrogens is 2. The van der Waals surface area contributed by atoms with Gasteiger partial charge >= 0.3 is 5.97 Å². The Balaban J connectivity index is 1.56. The Morgan fingerprint density at radius 1 is 1.18 bits per heavy atom. The van der Waals surface area contributed by atoms with Crippen LogP contribution in [0.1, 0.15) is 35.1 Å². The molecular formula is C23H21BrCl2N4O3. The number of fused-ring (bicyclic) bond motifs is 1. The Morgan fingerprint density at radius 3 is 2.67 bits per heavy atom. The molecule has 1 aromatic heterocycles. The van der Waals surface area contributed by atoms with Crippen LogP contribution in [-0.4, -0.2) is 35.3 Å². The highest BCUT2D eigenvalue weighted by atomic mass is 79.9. The summed E-state index contributed by atoms with van der Waals surface area (Å²) in [5.74, 6) is -0.715. The summed E-state index contributed by atoms with van der Waals surface area (Å²) in [4.78, 5) is 24.5. The van der Waals surface area contributed by atoms with Crippen molar-refractivity contribution in [1.82, 2.24) is 15.1 Å². The summed E-state index contributed by atoms with van der Waals surface area (Å²) in [5.41, 5.74) is 3.05. The number of hydrogen-bond donors (Lipinski definition) is 2. The van der Waals surface area contributed by atoms with E-state index >= 15 is 0 Å². The standard InChI is InChI=1S/C23H21BrCl2N4O3/c1-33-20(31)12-27-16-9-4-10-30-19(16)11-18(29-30)23(32)28-17-8-3-6-14(22(17)26)13-5-2-7-15(24)21(13)25/h2-3,5-8,11,16,27H,4,9-10,12H2,1H3,(H,28,32). The number of aryl methyl sites for hydroxylation is 1. The van der Waals surface area contributed by atoms with Gasteiger partial charge in [0.15, 0.2) is 5.69 Å². The number of carbonyl (C=O) groups is 2. The summed E-state index contributed by atoms with van der Waals surface area (Å²) in [6.45, 7) is 0.797. The normalized spacial score (nSPS) is 15.1. The van der Waals surface area contributed by atoms with Gasteiger partial charge in [-0.1, -0.05) is 47.5 Å². The number of methoxy groups -OCH3 is 1. The van der Waals surface area contributed by atoms with Crippen LogP contribution in [0.3, 0.4) is 0 Å². The Kier molecular flexibility index (Phi) is 7.38. The number of hydrogen-bond acceptors (Lipinski definition) is 5. The van der Waals surface area contributed by atoms with Crippen molar-refractivity contribution in [2.24, 2.45) is 0 Å².